The largest absolute Gasteiger partial charge is 0.755 e. The van der Waals surface area contributed by atoms with E-state index < -0.39 is 33.3 Å². The van der Waals surface area contributed by atoms with Gasteiger partial charge in [0.1, 0.15) is 20.4 Å². The van der Waals surface area contributed by atoms with Gasteiger partial charge in [-0.2, -0.15) is 0 Å². The van der Waals surface area contributed by atoms with E-state index in [0.29, 0.717) is 42.8 Å². The number of anilines is 2. The van der Waals surface area contributed by atoms with Crippen molar-refractivity contribution in [1.29, 1.82) is 0 Å². The Hall–Kier alpha value is -1.30. The van der Waals surface area contributed by atoms with Crippen molar-refractivity contribution in [3.63, 3.8) is 0 Å². The fraction of sp³-hybridized carbons (Fsp3) is 0.429. The number of carboxylic acid groups (broad SMARTS) is 1. The lowest BCUT2D eigenvalue weighted by Crippen LogP contribution is -2.44. The summed E-state index contributed by atoms with van der Waals surface area (Å²) in [6, 6.07) is 8.26. The number of aromatic nitrogens is 1. The van der Waals surface area contributed by atoms with Crippen LogP contribution in [0.4, 0.5) is 11.5 Å². The summed E-state index contributed by atoms with van der Waals surface area (Å²) in [5.74, 6) is -0.691. The minimum Gasteiger partial charge on any atom is -0.755 e. The second kappa shape index (κ2) is 17.7. The van der Waals surface area contributed by atoms with Crippen LogP contribution < -0.4 is 9.21 Å². The maximum Gasteiger partial charge on any atom is 0.327 e. The molecule has 3 rings (SSSR count). The fourth-order valence-electron chi connectivity index (χ4n) is 4.53. The number of sulfonamides is 1. The van der Waals surface area contributed by atoms with Gasteiger partial charge in [0.05, 0.1) is 16.4 Å². The number of unbranched alkanes of at least 4 members (excludes halogenated alkanes) is 5. The van der Waals surface area contributed by atoms with Crippen LogP contribution in [0, 0.1) is 0 Å². The first-order valence-corrected chi connectivity index (χ1v) is 19.5. The Bertz CT molecular complexity index is 1560. The standard InChI is InChI=1S/C28H34Br2Cl2N4O6S3/c1-34(13-7-5-3-4-6-8-14-35(2)45(41,42)25-17-22(29)26(32)43-25)27-23(30)16-21(18-33-27)36(44(39)40)24(28(37)38)15-19-9-11-20(31)12-10-19/h9-12,16-18,24H,3-8,13-15H2,1-2H3,(H,37,38)(H,39,40)/p-1. The molecular weight excluding hydrogens is 815 g/mol. The molecule has 2 heterocycles. The van der Waals surface area contributed by atoms with Crippen LogP contribution in [0.5, 0.6) is 0 Å². The number of benzene rings is 1. The van der Waals surface area contributed by atoms with Crippen LogP contribution >= 0.6 is 66.4 Å². The van der Waals surface area contributed by atoms with E-state index in [-0.39, 0.29) is 16.3 Å². The zero-order valence-electron chi connectivity index (χ0n) is 24.5. The Kier molecular flexibility index (Phi) is 15.0. The molecule has 17 heteroatoms. The molecule has 0 saturated heterocycles. The molecule has 2 unspecified atom stereocenters. The number of hydrogen-bond donors (Lipinski definition) is 1. The zero-order valence-corrected chi connectivity index (χ0v) is 31.6. The summed E-state index contributed by atoms with van der Waals surface area (Å²) in [5, 5.41) is 10.4. The van der Waals surface area contributed by atoms with Gasteiger partial charge in [0, 0.05) is 54.4 Å². The van der Waals surface area contributed by atoms with E-state index in [2.05, 4.69) is 36.8 Å². The average molecular weight is 849 g/mol. The van der Waals surface area contributed by atoms with Crippen molar-refractivity contribution < 1.29 is 27.1 Å². The van der Waals surface area contributed by atoms with Crippen LogP contribution in [-0.2, 0) is 32.5 Å². The number of aliphatic carboxylic acids is 1. The van der Waals surface area contributed by atoms with E-state index in [1.54, 1.807) is 37.4 Å². The van der Waals surface area contributed by atoms with Crippen molar-refractivity contribution in [2.45, 2.75) is 55.2 Å². The number of rotatable bonds is 18. The quantitative estimate of drug-likeness (QED) is 0.104. The molecule has 0 fully saturated rings. The molecule has 0 saturated carbocycles. The predicted octanol–water partition coefficient (Wildman–Crippen LogP) is 7.37. The highest BCUT2D eigenvalue weighted by Crippen LogP contribution is 2.36. The van der Waals surface area contributed by atoms with Crippen LogP contribution in [0.1, 0.15) is 44.1 Å². The minimum atomic E-state index is -3.56. The summed E-state index contributed by atoms with van der Waals surface area (Å²) in [5.41, 5.74) is 0.749. The first-order chi connectivity index (χ1) is 21.2. The van der Waals surface area contributed by atoms with Crippen molar-refractivity contribution in [3.8, 4) is 0 Å². The Balaban J connectivity index is 1.46. The smallest absolute Gasteiger partial charge is 0.327 e. The number of carboxylic acids is 1. The summed E-state index contributed by atoms with van der Waals surface area (Å²) >= 11 is 16.8. The van der Waals surface area contributed by atoms with Gasteiger partial charge in [-0.25, -0.2) is 22.5 Å². The van der Waals surface area contributed by atoms with Gasteiger partial charge in [0.2, 0.25) is 0 Å². The van der Waals surface area contributed by atoms with E-state index in [0.717, 1.165) is 54.2 Å². The topological polar surface area (TPSA) is 134 Å². The second-order valence-corrected chi connectivity index (χ2v) is 17.2. The Morgan fingerprint density at radius 3 is 2.16 bits per heavy atom. The molecule has 0 aliphatic carbocycles. The highest BCUT2D eigenvalue weighted by atomic mass is 79.9. The molecule has 2 aromatic heterocycles. The zero-order chi connectivity index (χ0) is 33.3. The summed E-state index contributed by atoms with van der Waals surface area (Å²) in [6.45, 7) is 1.13. The summed E-state index contributed by atoms with van der Waals surface area (Å²) in [4.78, 5) is 18.5. The molecule has 1 aromatic carbocycles. The van der Waals surface area contributed by atoms with Gasteiger partial charge < -0.3 is 14.6 Å². The van der Waals surface area contributed by atoms with Crippen molar-refractivity contribution >= 4 is 105 Å². The number of pyridine rings is 1. The number of thiophene rings is 1. The lowest BCUT2D eigenvalue weighted by molar-refractivity contribution is -0.138. The lowest BCUT2D eigenvalue weighted by Gasteiger charge is -2.32. The number of nitrogens with zero attached hydrogens (tertiary/aromatic N) is 4. The molecule has 248 valence electrons. The van der Waals surface area contributed by atoms with Crippen LogP contribution in [-0.4, -0.2) is 70.8 Å². The van der Waals surface area contributed by atoms with Gasteiger partial charge in [-0.3, -0.25) is 8.51 Å². The van der Waals surface area contributed by atoms with E-state index in [4.69, 9.17) is 23.2 Å². The van der Waals surface area contributed by atoms with E-state index in [1.165, 1.54) is 16.6 Å². The van der Waals surface area contributed by atoms with Crippen molar-refractivity contribution in [1.82, 2.24) is 9.29 Å². The van der Waals surface area contributed by atoms with Crippen molar-refractivity contribution in [3.05, 3.63) is 66.5 Å². The van der Waals surface area contributed by atoms with Crippen molar-refractivity contribution in [2.75, 3.05) is 36.4 Å². The molecule has 0 spiro atoms. The number of hydrogen-bond acceptors (Lipinski definition) is 8. The van der Waals surface area contributed by atoms with E-state index in [1.807, 2.05) is 11.9 Å². The summed E-state index contributed by atoms with van der Waals surface area (Å²) < 4.78 is 53.7. The Morgan fingerprint density at radius 2 is 1.62 bits per heavy atom. The first-order valence-electron chi connectivity index (χ1n) is 13.9. The average Bonchev–Trinajstić information content (AvgIpc) is 3.33. The van der Waals surface area contributed by atoms with Crippen LogP contribution in [0.3, 0.4) is 0 Å². The molecule has 0 radical (unpaired) electrons. The van der Waals surface area contributed by atoms with E-state index >= 15 is 0 Å². The number of halogens is 4. The summed E-state index contributed by atoms with van der Waals surface area (Å²) in [6.07, 6.45) is 6.81. The van der Waals surface area contributed by atoms with Gasteiger partial charge in [0.25, 0.3) is 10.0 Å². The third-order valence-corrected chi connectivity index (χ3v) is 13.4. The van der Waals surface area contributed by atoms with Gasteiger partial charge in [0.15, 0.2) is 0 Å². The second-order valence-electron chi connectivity index (χ2n) is 10.3. The lowest BCUT2D eigenvalue weighted by atomic mass is 10.1. The molecule has 0 aliphatic heterocycles. The highest BCUT2D eigenvalue weighted by molar-refractivity contribution is 9.11. The molecule has 45 heavy (non-hydrogen) atoms. The van der Waals surface area contributed by atoms with Crippen molar-refractivity contribution in [2.24, 2.45) is 0 Å². The number of carbonyl (C=O) groups is 1. The first kappa shape index (κ1) is 38.2. The van der Waals surface area contributed by atoms with E-state index in [9.17, 15) is 27.1 Å². The molecule has 2 atom stereocenters. The molecule has 0 bridgehead atoms. The van der Waals surface area contributed by atoms with Crippen LogP contribution in [0.15, 0.2) is 55.7 Å². The third-order valence-electron chi connectivity index (χ3n) is 7.00. The molecule has 0 amide bonds. The molecule has 3 aromatic rings. The molecule has 1 N–H and O–H groups in total. The van der Waals surface area contributed by atoms with Gasteiger partial charge in [-0.15, -0.1) is 11.3 Å². The van der Waals surface area contributed by atoms with Gasteiger partial charge in [-0.05, 0) is 74.5 Å². The monoisotopic (exact) mass is 845 g/mol. The maximum atomic E-state index is 12.7. The summed E-state index contributed by atoms with van der Waals surface area (Å²) in [7, 11) is -0.0975. The third kappa shape index (κ3) is 10.9. The van der Waals surface area contributed by atoms with Crippen LogP contribution in [0.25, 0.3) is 0 Å². The normalized spacial score (nSPS) is 13.2. The SMILES string of the molecule is CN(CCCCCCCCN(C)S(=O)(=O)c1cc(Br)c(Cl)s1)c1ncc(N(C(Cc2ccc(Cl)cc2)C(=O)O)S(=O)[O-])cc1Br. The predicted molar refractivity (Wildman–Crippen MR) is 188 cm³/mol. The molecule has 10 nitrogen and oxygen atoms in total. The maximum absolute atomic E-state index is 12.7. The Morgan fingerprint density at radius 1 is 1.02 bits per heavy atom. The fourth-order valence-corrected chi connectivity index (χ4v) is 9.66. The Labute approximate surface area is 297 Å². The van der Waals surface area contributed by atoms with Gasteiger partial charge >= 0.3 is 5.97 Å². The molecular formula is C28H33Br2Cl2N4O6S3-. The van der Waals surface area contributed by atoms with Gasteiger partial charge in [-0.1, -0.05) is 61.0 Å². The minimum absolute atomic E-state index is 0.0574. The van der Waals surface area contributed by atoms with Crippen LogP contribution in [0.2, 0.25) is 9.36 Å². The highest BCUT2D eigenvalue weighted by Gasteiger charge is 2.29. The molecule has 0 aliphatic rings.